The Morgan fingerprint density at radius 3 is 2.71 bits per heavy atom. The Kier molecular flexibility index (Phi) is 4.18. The monoisotopic (exact) mass is 326 g/mol. The number of anilines is 1. The van der Waals surface area contributed by atoms with Crippen LogP contribution in [0.1, 0.15) is 50.5 Å². The third-order valence-electron chi connectivity index (χ3n) is 4.74. The Morgan fingerprint density at radius 1 is 1.29 bits per heavy atom. The lowest BCUT2D eigenvalue weighted by Gasteiger charge is -2.18. The zero-order valence-electron chi connectivity index (χ0n) is 14.5. The van der Waals surface area contributed by atoms with Crippen LogP contribution in [0, 0.1) is 13.8 Å². The zero-order valence-corrected chi connectivity index (χ0v) is 14.5. The van der Waals surface area contributed by atoms with E-state index >= 15 is 0 Å². The van der Waals surface area contributed by atoms with Crippen molar-refractivity contribution in [2.45, 2.75) is 26.7 Å². The van der Waals surface area contributed by atoms with Crippen molar-refractivity contribution < 1.29 is 14.3 Å². The maximum absolute atomic E-state index is 12.8. The summed E-state index contributed by atoms with van der Waals surface area (Å²) in [5.41, 5.74) is 4.66. The highest BCUT2D eigenvalue weighted by Gasteiger charge is 2.28. The van der Waals surface area contributed by atoms with Gasteiger partial charge in [0.05, 0.1) is 24.9 Å². The number of rotatable bonds is 4. The number of carbonyl (C=O) groups is 2. The standard InChI is InChI=1S/C19H22N2O3/c1-11-9-21(15-8-6-5-7-14(11)15)10-16(22)18-12(2)17(13(3)20-18)19(23)24-4/h5-8,11,20H,9-10H2,1-4H3. The van der Waals surface area contributed by atoms with Crippen LogP contribution in [0.5, 0.6) is 0 Å². The Hall–Kier alpha value is -2.56. The van der Waals surface area contributed by atoms with Gasteiger partial charge in [0, 0.05) is 23.8 Å². The van der Waals surface area contributed by atoms with Crippen LogP contribution in [0.15, 0.2) is 24.3 Å². The maximum Gasteiger partial charge on any atom is 0.339 e. The Balaban J connectivity index is 1.86. The quantitative estimate of drug-likeness (QED) is 0.692. The number of aromatic nitrogens is 1. The lowest BCUT2D eigenvalue weighted by molar-refractivity contribution is 0.0599. The third kappa shape index (κ3) is 2.60. The maximum atomic E-state index is 12.8. The number of H-pyrrole nitrogens is 1. The molecule has 0 fully saturated rings. The number of nitrogens with one attached hydrogen (secondary N) is 1. The molecule has 0 bridgehead atoms. The van der Waals surface area contributed by atoms with E-state index in [1.54, 1.807) is 13.8 Å². The number of esters is 1. The lowest BCUT2D eigenvalue weighted by atomic mass is 10.0. The number of hydrogen-bond donors (Lipinski definition) is 1. The van der Waals surface area contributed by atoms with Crippen molar-refractivity contribution in [1.29, 1.82) is 0 Å². The van der Waals surface area contributed by atoms with Crippen molar-refractivity contribution in [3.63, 3.8) is 0 Å². The number of aryl methyl sites for hydroxylation is 1. The Bertz CT molecular complexity index is 807. The minimum Gasteiger partial charge on any atom is -0.465 e. The van der Waals surface area contributed by atoms with Crippen LogP contribution in [0.4, 0.5) is 5.69 Å². The molecule has 1 atom stereocenters. The van der Waals surface area contributed by atoms with Gasteiger partial charge in [0.25, 0.3) is 0 Å². The second-order valence-corrected chi connectivity index (χ2v) is 6.38. The molecule has 24 heavy (non-hydrogen) atoms. The predicted molar refractivity (Wildman–Crippen MR) is 93.0 cm³/mol. The number of fused-ring (bicyclic) bond motifs is 1. The number of methoxy groups -OCH3 is 1. The second kappa shape index (κ2) is 6.15. The molecule has 0 saturated heterocycles. The fourth-order valence-electron chi connectivity index (χ4n) is 3.56. The van der Waals surface area contributed by atoms with Crippen LogP contribution in [-0.4, -0.2) is 36.9 Å². The summed E-state index contributed by atoms with van der Waals surface area (Å²) in [6, 6.07) is 8.19. The summed E-state index contributed by atoms with van der Waals surface area (Å²) in [4.78, 5) is 29.8. The summed E-state index contributed by atoms with van der Waals surface area (Å²) in [5, 5.41) is 0. The van der Waals surface area contributed by atoms with Gasteiger partial charge < -0.3 is 14.6 Å². The predicted octanol–water partition coefficient (Wildman–Crippen LogP) is 3.22. The van der Waals surface area contributed by atoms with Crippen molar-refractivity contribution in [2.24, 2.45) is 0 Å². The van der Waals surface area contributed by atoms with Gasteiger partial charge in [-0.15, -0.1) is 0 Å². The van der Waals surface area contributed by atoms with Crippen molar-refractivity contribution in [3.05, 3.63) is 52.3 Å². The molecule has 3 rings (SSSR count). The summed E-state index contributed by atoms with van der Waals surface area (Å²) < 4.78 is 4.80. The number of carbonyl (C=O) groups excluding carboxylic acids is 2. The first-order valence-corrected chi connectivity index (χ1v) is 8.08. The van der Waals surface area contributed by atoms with Crippen LogP contribution >= 0.6 is 0 Å². The van der Waals surface area contributed by atoms with Gasteiger partial charge >= 0.3 is 5.97 Å². The molecule has 2 heterocycles. The van der Waals surface area contributed by atoms with Gasteiger partial charge in [0.15, 0.2) is 5.78 Å². The van der Waals surface area contributed by atoms with Crippen LogP contribution in [0.25, 0.3) is 0 Å². The molecule has 1 aliphatic rings. The number of nitrogens with zero attached hydrogens (tertiary/aromatic N) is 1. The first-order chi connectivity index (χ1) is 11.4. The summed E-state index contributed by atoms with van der Waals surface area (Å²) in [7, 11) is 1.35. The molecule has 5 nitrogen and oxygen atoms in total. The highest BCUT2D eigenvalue weighted by Crippen LogP contribution is 2.35. The molecule has 2 aromatic rings. The van der Waals surface area contributed by atoms with E-state index in [2.05, 4.69) is 28.9 Å². The largest absolute Gasteiger partial charge is 0.465 e. The fraction of sp³-hybridized carbons (Fsp3) is 0.368. The molecule has 1 aromatic heterocycles. The topological polar surface area (TPSA) is 62.4 Å². The summed E-state index contributed by atoms with van der Waals surface area (Å²) in [5.74, 6) is -0.0267. The molecule has 126 valence electrons. The highest BCUT2D eigenvalue weighted by atomic mass is 16.5. The molecule has 1 unspecified atom stereocenters. The van der Waals surface area contributed by atoms with Gasteiger partial charge in [0.1, 0.15) is 0 Å². The van der Waals surface area contributed by atoms with Gasteiger partial charge in [-0.1, -0.05) is 25.1 Å². The van der Waals surface area contributed by atoms with Crippen molar-refractivity contribution in [3.8, 4) is 0 Å². The van der Waals surface area contributed by atoms with E-state index in [4.69, 9.17) is 4.74 Å². The van der Waals surface area contributed by atoms with E-state index in [-0.39, 0.29) is 5.78 Å². The summed E-state index contributed by atoms with van der Waals surface area (Å²) in [6.45, 7) is 6.85. The number of hydrogen-bond acceptors (Lipinski definition) is 4. The van der Waals surface area contributed by atoms with Crippen molar-refractivity contribution in [2.75, 3.05) is 25.1 Å². The van der Waals surface area contributed by atoms with Crippen LogP contribution < -0.4 is 4.90 Å². The molecule has 1 N–H and O–H groups in total. The average Bonchev–Trinajstić information content (AvgIpc) is 3.04. The zero-order chi connectivity index (χ0) is 17.4. The number of ketones is 1. The van der Waals surface area contributed by atoms with Crippen molar-refractivity contribution >= 4 is 17.4 Å². The van der Waals surface area contributed by atoms with Gasteiger partial charge in [-0.05, 0) is 31.0 Å². The molecular formula is C19H22N2O3. The third-order valence-corrected chi connectivity index (χ3v) is 4.74. The second-order valence-electron chi connectivity index (χ2n) is 6.38. The van der Waals surface area contributed by atoms with Gasteiger partial charge in [-0.25, -0.2) is 4.79 Å². The minimum atomic E-state index is -0.416. The van der Waals surface area contributed by atoms with E-state index < -0.39 is 5.97 Å². The molecule has 0 saturated carbocycles. The number of ether oxygens (including phenoxy) is 1. The number of benzene rings is 1. The Labute approximate surface area is 141 Å². The molecule has 0 radical (unpaired) electrons. The first kappa shape index (κ1) is 16.3. The Morgan fingerprint density at radius 2 is 2.00 bits per heavy atom. The molecule has 5 heteroatoms. The highest BCUT2D eigenvalue weighted by molar-refractivity contribution is 6.03. The van der Waals surface area contributed by atoms with E-state index in [1.165, 1.54) is 12.7 Å². The van der Waals surface area contributed by atoms with Crippen LogP contribution in [-0.2, 0) is 4.74 Å². The molecule has 0 aliphatic carbocycles. The molecule has 1 aromatic carbocycles. The van der Waals surface area contributed by atoms with Crippen LogP contribution in [0.3, 0.4) is 0 Å². The van der Waals surface area contributed by atoms with Crippen molar-refractivity contribution in [1.82, 2.24) is 4.98 Å². The molecular weight excluding hydrogens is 304 g/mol. The number of aromatic amines is 1. The van der Waals surface area contributed by atoms with Crippen LogP contribution in [0.2, 0.25) is 0 Å². The first-order valence-electron chi connectivity index (χ1n) is 8.08. The van der Waals surface area contributed by atoms with Gasteiger partial charge in [-0.2, -0.15) is 0 Å². The summed E-state index contributed by atoms with van der Waals surface area (Å²) in [6.07, 6.45) is 0. The number of Topliss-reactive ketones (excluding diaryl/α,β-unsaturated/α-hetero) is 1. The SMILES string of the molecule is COC(=O)c1c(C)[nH]c(C(=O)CN2CC(C)c3ccccc32)c1C. The normalized spacial score (nSPS) is 16.2. The lowest BCUT2D eigenvalue weighted by Crippen LogP contribution is -2.29. The van der Waals surface area contributed by atoms with Gasteiger partial charge in [0.2, 0.25) is 0 Å². The van der Waals surface area contributed by atoms with E-state index in [0.717, 1.165) is 12.2 Å². The fourth-order valence-corrected chi connectivity index (χ4v) is 3.56. The number of para-hydroxylation sites is 1. The molecule has 0 spiro atoms. The van der Waals surface area contributed by atoms with E-state index in [9.17, 15) is 9.59 Å². The van der Waals surface area contributed by atoms with E-state index in [0.29, 0.717) is 35.0 Å². The van der Waals surface area contributed by atoms with E-state index in [1.807, 2.05) is 12.1 Å². The molecule has 1 aliphatic heterocycles. The minimum absolute atomic E-state index is 0.0188. The molecule has 0 amide bonds. The average molecular weight is 326 g/mol. The van der Waals surface area contributed by atoms with Gasteiger partial charge in [-0.3, -0.25) is 4.79 Å². The summed E-state index contributed by atoms with van der Waals surface area (Å²) >= 11 is 0. The smallest absolute Gasteiger partial charge is 0.339 e.